The van der Waals surface area contributed by atoms with E-state index in [1.807, 2.05) is 29.4 Å². The van der Waals surface area contributed by atoms with Gasteiger partial charge in [0.1, 0.15) is 5.82 Å². The average Bonchev–Trinajstić information content (AvgIpc) is 3.14. The summed E-state index contributed by atoms with van der Waals surface area (Å²) in [5, 5.41) is 3.05. The van der Waals surface area contributed by atoms with Crippen LogP contribution in [-0.2, 0) is 13.1 Å². The van der Waals surface area contributed by atoms with E-state index in [4.69, 9.17) is 0 Å². The Kier molecular flexibility index (Phi) is 6.12. The van der Waals surface area contributed by atoms with Gasteiger partial charge in [0, 0.05) is 56.0 Å². The second kappa shape index (κ2) is 9.11. The van der Waals surface area contributed by atoms with Gasteiger partial charge in [-0.3, -0.25) is 4.98 Å². The number of likely N-dealkylation sites (tertiary alicyclic amines) is 1. The standard InChI is InChI=1S/C24H29N5O/c1-18-5-7-20(8-6-18)15-27-24(30)28-12-9-21(10-13-28)17-29-19(2)14-26-23(29)22-4-3-11-25-16-22/h3-8,11,14,16,21H,9-10,12-13,15,17H2,1-2H3,(H,27,30). The first kappa shape index (κ1) is 20.1. The Balaban J connectivity index is 1.30. The summed E-state index contributed by atoms with van der Waals surface area (Å²) in [6, 6.07) is 12.3. The Labute approximate surface area is 178 Å². The average molecular weight is 404 g/mol. The lowest BCUT2D eigenvalue weighted by Gasteiger charge is -2.32. The lowest BCUT2D eigenvalue weighted by atomic mass is 9.96. The van der Waals surface area contributed by atoms with Gasteiger partial charge in [-0.1, -0.05) is 29.8 Å². The first-order valence-corrected chi connectivity index (χ1v) is 10.6. The number of amides is 2. The fourth-order valence-corrected chi connectivity index (χ4v) is 3.99. The number of nitrogens with one attached hydrogen (secondary N) is 1. The number of aryl methyl sites for hydroxylation is 2. The van der Waals surface area contributed by atoms with Gasteiger partial charge in [0.2, 0.25) is 0 Å². The zero-order valence-electron chi connectivity index (χ0n) is 17.7. The molecule has 156 valence electrons. The number of nitrogens with zero attached hydrogens (tertiary/aromatic N) is 4. The fraction of sp³-hybridized carbons (Fsp3) is 0.375. The molecule has 1 aliphatic heterocycles. The highest BCUT2D eigenvalue weighted by Crippen LogP contribution is 2.24. The van der Waals surface area contributed by atoms with Crippen LogP contribution in [0.2, 0.25) is 0 Å². The van der Waals surface area contributed by atoms with Crippen LogP contribution in [0.4, 0.5) is 4.79 Å². The van der Waals surface area contributed by atoms with Crippen molar-refractivity contribution in [2.45, 2.75) is 39.8 Å². The Bertz CT molecular complexity index is 973. The summed E-state index contributed by atoms with van der Waals surface area (Å²) in [5.74, 6) is 1.51. The van der Waals surface area contributed by atoms with E-state index < -0.39 is 0 Å². The van der Waals surface area contributed by atoms with Gasteiger partial charge >= 0.3 is 6.03 Å². The topological polar surface area (TPSA) is 63.1 Å². The van der Waals surface area contributed by atoms with E-state index >= 15 is 0 Å². The number of benzene rings is 1. The molecule has 0 aliphatic carbocycles. The molecule has 1 aromatic carbocycles. The summed E-state index contributed by atoms with van der Waals surface area (Å²) in [5.41, 5.74) is 4.56. The second-order valence-electron chi connectivity index (χ2n) is 8.15. The molecule has 0 saturated carbocycles. The van der Waals surface area contributed by atoms with E-state index in [9.17, 15) is 4.79 Å². The van der Waals surface area contributed by atoms with Crippen molar-refractivity contribution in [3.63, 3.8) is 0 Å². The highest BCUT2D eigenvalue weighted by atomic mass is 16.2. The quantitative estimate of drug-likeness (QED) is 0.695. The molecule has 2 aromatic heterocycles. The molecular formula is C24H29N5O. The van der Waals surface area contributed by atoms with E-state index in [2.05, 4.69) is 58.0 Å². The number of hydrogen-bond donors (Lipinski definition) is 1. The van der Waals surface area contributed by atoms with Crippen LogP contribution in [-0.4, -0.2) is 38.6 Å². The number of imidazole rings is 1. The molecule has 0 atom stereocenters. The first-order valence-electron chi connectivity index (χ1n) is 10.6. The molecule has 1 aliphatic rings. The monoisotopic (exact) mass is 403 g/mol. The summed E-state index contributed by atoms with van der Waals surface area (Å²) in [7, 11) is 0. The van der Waals surface area contributed by atoms with Crippen molar-refractivity contribution in [1.82, 2.24) is 24.8 Å². The zero-order valence-corrected chi connectivity index (χ0v) is 17.7. The maximum Gasteiger partial charge on any atom is 0.317 e. The minimum Gasteiger partial charge on any atom is -0.334 e. The van der Waals surface area contributed by atoms with Crippen LogP contribution in [0.15, 0.2) is 55.0 Å². The number of urea groups is 1. The molecule has 0 unspecified atom stereocenters. The van der Waals surface area contributed by atoms with Crippen molar-refractivity contribution in [3.8, 4) is 11.4 Å². The number of piperidine rings is 1. The first-order chi connectivity index (χ1) is 14.6. The molecule has 2 amide bonds. The smallest absolute Gasteiger partial charge is 0.317 e. The van der Waals surface area contributed by atoms with Gasteiger partial charge in [0.25, 0.3) is 0 Å². The Morgan fingerprint density at radius 3 is 2.57 bits per heavy atom. The van der Waals surface area contributed by atoms with Gasteiger partial charge in [-0.15, -0.1) is 0 Å². The van der Waals surface area contributed by atoms with E-state index in [-0.39, 0.29) is 6.03 Å². The third-order valence-corrected chi connectivity index (χ3v) is 5.88. The molecule has 6 nitrogen and oxygen atoms in total. The second-order valence-corrected chi connectivity index (χ2v) is 8.15. The molecule has 3 aromatic rings. The highest BCUT2D eigenvalue weighted by molar-refractivity contribution is 5.74. The van der Waals surface area contributed by atoms with Gasteiger partial charge in [-0.25, -0.2) is 9.78 Å². The molecule has 6 heteroatoms. The summed E-state index contributed by atoms with van der Waals surface area (Å²) in [6.07, 6.45) is 7.57. The molecular weight excluding hydrogens is 374 g/mol. The number of pyridine rings is 1. The number of rotatable bonds is 5. The molecule has 3 heterocycles. The molecule has 1 saturated heterocycles. The zero-order chi connectivity index (χ0) is 20.9. The van der Waals surface area contributed by atoms with Crippen molar-refractivity contribution in [1.29, 1.82) is 0 Å². The minimum atomic E-state index is 0.0314. The third-order valence-electron chi connectivity index (χ3n) is 5.88. The highest BCUT2D eigenvalue weighted by Gasteiger charge is 2.24. The molecule has 0 spiro atoms. The van der Waals surface area contributed by atoms with Gasteiger partial charge < -0.3 is 14.8 Å². The Hall–Kier alpha value is -3.15. The van der Waals surface area contributed by atoms with Crippen molar-refractivity contribution in [2.24, 2.45) is 5.92 Å². The Morgan fingerprint density at radius 1 is 1.10 bits per heavy atom. The van der Waals surface area contributed by atoms with Crippen LogP contribution in [0.25, 0.3) is 11.4 Å². The van der Waals surface area contributed by atoms with Crippen molar-refractivity contribution in [3.05, 3.63) is 71.8 Å². The minimum absolute atomic E-state index is 0.0314. The van der Waals surface area contributed by atoms with Crippen LogP contribution in [0.1, 0.15) is 29.7 Å². The number of hydrogen-bond acceptors (Lipinski definition) is 3. The van der Waals surface area contributed by atoms with E-state index in [1.165, 1.54) is 5.56 Å². The summed E-state index contributed by atoms with van der Waals surface area (Å²) < 4.78 is 2.29. The van der Waals surface area contributed by atoms with Crippen LogP contribution in [0.5, 0.6) is 0 Å². The summed E-state index contributed by atoms with van der Waals surface area (Å²) in [6.45, 7) is 7.25. The molecule has 30 heavy (non-hydrogen) atoms. The molecule has 1 fully saturated rings. The maximum atomic E-state index is 12.5. The molecule has 4 rings (SSSR count). The van der Waals surface area contributed by atoms with Crippen molar-refractivity contribution >= 4 is 6.03 Å². The van der Waals surface area contributed by atoms with Gasteiger partial charge in [0.15, 0.2) is 0 Å². The molecule has 0 bridgehead atoms. The van der Waals surface area contributed by atoms with Gasteiger partial charge in [-0.2, -0.15) is 0 Å². The predicted molar refractivity (Wildman–Crippen MR) is 118 cm³/mol. The van der Waals surface area contributed by atoms with Gasteiger partial charge in [0.05, 0.1) is 0 Å². The van der Waals surface area contributed by atoms with Crippen molar-refractivity contribution < 1.29 is 4.79 Å². The van der Waals surface area contributed by atoms with E-state index in [0.29, 0.717) is 12.5 Å². The number of carbonyl (C=O) groups is 1. The van der Waals surface area contributed by atoms with E-state index in [1.54, 1.807) is 6.20 Å². The predicted octanol–water partition coefficient (Wildman–Crippen LogP) is 4.18. The lowest BCUT2D eigenvalue weighted by Crippen LogP contribution is -2.44. The van der Waals surface area contributed by atoms with E-state index in [0.717, 1.165) is 55.1 Å². The lowest BCUT2D eigenvalue weighted by molar-refractivity contribution is 0.165. The van der Waals surface area contributed by atoms with Crippen LogP contribution < -0.4 is 5.32 Å². The van der Waals surface area contributed by atoms with Crippen LogP contribution in [0.3, 0.4) is 0 Å². The largest absolute Gasteiger partial charge is 0.334 e. The molecule has 1 N–H and O–H groups in total. The fourth-order valence-electron chi connectivity index (χ4n) is 3.99. The number of carbonyl (C=O) groups excluding carboxylic acids is 1. The third kappa shape index (κ3) is 4.70. The van der Waals surface area contributed by atoms with Gasteiger partial charge in [-0.05, 0) is 50.3 Å². The van der Waals surface area contributed by atoms with Crippen LogP contribution >= 0.6 is 0 Å². The summed E-state index contributed by atoms with van der Waals surface area (Å²) in [4.78, 5) is 23.3. The normalized spacial score (nSPS) is 14.7. The number of aromatic nitrogens is 3. The Morgan fingerprint density at radius 2 is 1.87 bits per heavy atom. The van der Waals surface area contributed by atoms with Crippen LogP contribution in [0, 0.1) is 19.8 Å². The van der Waals surface area contributed by atoms with Crippen molar-refractivity contribution in [2.75, 3.05) is 13.1 Å². The summed E-state index contributed by atoms with van der Waals surface area (Å²) >= 11 is 0. The molecule has 0 radical (unpaired) electrons. The SMILES string of the molecule is Cc1ccc(CNC(=O)N2CCC(Cn3c(C)cnc3-c3cccnc3)CC2)cc1. The maximum absolute atomic E-state index is 12.5.